The Morgan fingerprint density at radius 3 is 2.57 bits per heavy atom. The highest BCUT2D eigenvalue weighted by Gasteiger charge is 2.53. The average molecular weight is 311 g/mol. The van der Waals surface area contributed by atoms with Crippen LogP contribution in [0.4, 0.5) is 5.82 Å². The van der Waals surface area contributed by atoms with Gasteiger partial charge in [0.15, 0.2) is 5.82 Å². The third-order valence-electron chi connectivity index (χ3n) is 5.90. The van der Waals surface area contributed by atoms with E-state index in [9.17, 15) is 4.79 Å². The van der Waals surface area contributed by atoms with Crippen LogP contribution in [-0.4, -0.2) is 34.8 Å². The Hall–Kier alpha value is -1.88. The highest BCUT2D eigenvalue weighted by atomic mass is 16.5. The maximum absolute atomic E-state index is 12.9. The Morgan fingerprint density at radius 1 is 1.17 bits per heavy atom. The summed E-state index contributed by atoms with van der Waals surface area (Å²) in [6.07, 6.45) is 3.18. The minimum absolute atomic E-state index is 0.0411. The fourth-order valence-corrected chi connectivity index (χ4v) is 4.83. The van der Waals surface area contributed by atoms with Crippen LogP contribution in [-0.2, 0) is 11.3 Å². The Kier molecular flexibility index (Phi) is 2.83. The number of aryl methyl sites for hydroxylation is 1. The van der Waals surface area contributed by atoms with Crippen molar-refractivity contribution in [2.45, 2.75) is 38.5 Å². The zero-order valence-corrected chi connectivity index (χ0v) is 13.3. The van der Waals surface area contributed by atoms with Crippen LogP contribution in [0.15, 0.2) is 29.1 Å². The first kappa shape index (κ1) is 13.5. The van der Waals surface area contributed by atoms with Gasteiger partial charge in [0.25, 0.3) is 5.56 Å². The maximum Gasteiger partial charge on any atom is 0.293 e. The van der Waals surface area contributed by atoms with E-state index in [4.69, 9.17) is 9.72 Å². The van der Waals surface area contributed by atoms with Crippen molar-refractivity contribution in [3.63, 3.8) is 0 Å². The molecule has 4 heterocycles. The number of para-hydroxylation sites is 2. The summed E-state index contributed by atoms with van der Waals surface area (Å²) in [5, 5.41) is 0. The van der Waals surface area contributed by atoms with Gasteiger partial charge in [0.2, 0.25) is 0 Å². The van der Waals surface area contributed by atoms with E-state index in [2.05, 4.69) is 4.90 Å². The molecule has 120 valence electrons. The van der Waals surface area contributed by atoms with Crippen molar-refractivity contribution < 1.29 is 4.74 Å². The predicted molar refractivity (Wildman–Crippen MR) is 88.8 cm³/mol. The fourth-order valence-electron chi connectivity index (χ4n) is 4.83. The molecular formula is C18H21N3O2. The Labute approximate surface area is 134 Å². The van der Waals surface area contributed by atoms with Gasteiger partial charge in [-0.1, -0.05) is 12.1 Å². The second-order valence-electron chi connectivity index (χ2n) is 7.00. The van der Waals surface area contributed by atoms with E-state index < -0.39 is 0 Å². The summed E-state index contributed by atoms with van der Waals surface area (Å²) in [4.78, 5) is 19.9. The van der Waals surface area contributed by atoms with Crippen LogP contribution < -0.4 is 10.5 Å². The van der Waals surface area contributed by atoms with Gasteiger partial charge in [-0.05, 0) is 31.9 Å². The van der Waals surface area contributed by atoms with Crippen LogP contribution in [0.3, 0.4) is 0 Å². The van der Waals surface area contributed by atoms with Crippen LogP contribution in [0.1, 0.15) is 19.8 Å². The van der Waals surface area contributed by atoms with Gasteiger partial charge in [0.1, 0.15) is 0 Å². The zero-order chi connectivity index (χ0) is 15.6. The second-order valence-corrected chi connectivity index (χ2v) is 7.00. The Balaban J connectivity index is 1.59. The lowest BCUT2D eigenvalue weighted by Crippen LogP contribution is -2.34. The van der Waals surface area contributed by atoms with Gasteiger partial charge >= 0.3 is 0 Å². The molecule has 2 bridgehead atoms. The van der Waals surface area contributed by atoms with E-state index in [1.54, 1.807) is 0 Å². The number of anilines is 1. The van der Waals surface area contributed by atoms with Gasteiger partial charge < -0.3 is 14.2 Å². The Bertz CT molecular complexity index is 813. The van der Waals surface area contributed by atoms with Crippen LogP contribution in [0.25, 0.3) is 11.0 Å². The molecule has 1 aromatic heterocycles. The van der Waals surface area contributed by atoms with Gasteiger partial charge in [0.05, 0.1) is 23.2 Å². The minimum atomic E-state index is 0.0411. The third kappa shape index (κ3) is 1.83. The summed E-state index contributed by atoms with van der Waals surface area (Å²) >= 11 is 0. The van der Waals surface area contributed by atoms with Gasteiger partial charge in [-0.25, -0.2) is 4.98 Å². The molecule has 0 aliphatic carbocycles. The highest BCUT2D eigenvalue weighted by molar-refractivity contribution is 5.76. The summed E-state index contributed by atoms with van der Waals surface area (Å²) in [6, 6.07) is 7.92. The van der Waals surface area contributed by atoms with Crippen molar-refractivity contribution in [1.82, 2.24) is 9.55 Å². The zero-order valence-electron chi connectivity index (χ0n) is 13.3. The Morgan fingerprint density at radius 2 is 1.87 bits per heavy atom. The second kappa shape index (κ2) is 4.81. The standard InChI is InChI=1S/C18H21N3O2/c1-2-21-14-6-4-3-5-13(14)19-17(18(21)22)20-9-11-12(10-20)16-8-7-15(11)23-16/h3-6,11-12,15-16H,2,7-10H2,1H3/t11-,12+,15+,16-. The summed E-state index contributed by atoms with van der Waals surface area (Å²) in [5.74, 6) is 1.78. The van der Waals surface area contributed by atoms with Crippen molar-refractivity contribution in [1.29, 1.82) is 0 Å². The molecule has 3 aliphatic heterocycles. The quantitative estimate of drug-likeness (QED) is 0.851. The van der Waals surface area contributed by atoms with Crippen molar-refractivity contribution in [3.05, 3.63) is 34.6 Å². The summed E-state index contributed by atoms with van der Waals surface area (Å²) < 4.78 is 7.88. The lowest BCUT2D eigenvalue weighted by molar-refractivity contribution is 0.0849. The first-order valence-corrected chi connectivity index (χ1v) is 8.66. The lowest BCUT2D eigenvalue weighted by atomic mass is 9.82. The molecule has 5 rings (SSSR count). The molecule has 1 aromatic carbocycles. The molecular weight excluding hydrogens is 290 g/mol. The van der Waals surface area contributed by atoms with Crippen molar-refractivity contribution in [2.75, 3.05) is 18.0 Å². The molecule has 3 aliphatic rings. The van der Waals surface area contributed by atoms with E-state index in [-0.39, 0.29) is 5.56 Å². The molecule has 3 saturated heterocycles. The molecule has 0 radical (unpaired) electrons. The number of fused-ring (bicyclic) bond motifs is 6. The molecule has 4 atom stereocenters. The van der Waals surface area contributed by atoms with Crippen molar-refractivity contribution in [3.8, 4) is 0 Å². The van der Waals surface area contributed by atoms with E-state index in [1.165, 1.54) is 12.8 Å². The smallest absolute Gasteiger partial charge is 0.293 e. The minimum Gasteiger partial charge on any atom is -0.374 e. The first-order chi connectivity index (χ1) is 11.3. The van der Waals surface area contributed by atoms with Gasteiger partial charge in [-0.3, -0.25) is 4.79 Å². The molecule has 5 heteroatoms. The number of rotatable bonds is 2. The molecule has 2 aromatic rings. The SMILES string of the molecule is CCn1c(=O)c(N2C[C@@H]3[C@H](C2)[C@H]2CC[C@@H]3O2)nc2ccccc21. The number of aromatic nitrogens is 2. The summed E-state index contributed by atoms with van der Waals surface area (Å²) in [5.41, 5.74) is 1.87. The topological polar surface area (TPSA) is 47.4 Å². The van der Waals surface area contributed by atoms with Crippen molar-refractivity contribution in [2.24, 2.45) is 11.8 Å². The van der Waals surface area contributed by atoms with Crippen molar-refractivity contribution >= 4 is 16.9 Å². The number of hydrogen-bond donors (Lipinski definition) is 0. The summed E-state index contributed by atoms with van der Waals surface area (Å²) in [7, 11) is 0. The molecule has 0 spiro atoms. The molecule has 3 fully saturated rings. The fraction of sp³-hybridized carbons (Fsp3) is 0.556. The molecule has 0 amide bonds. The summed E-state index contributed by atoms with van der Waals surface area (Å²) in [6.45, 7) is 4.51. The number of hydrogen-bond acceptors (Lipinski definition) is 4. The monoisotopic (exact) mass is 311 g/mol. The molecule has 0 saturated carbocycles. The lowest BCUT2D eigenvalue weighted by Gasteiger charge is -2.21. The van der Waals surface area contributed by atoms with E-state index >= 15 is 0 Å². The van der Waals surface area contributed by atoms with Crippen LogP contribution in [0.2, 0.25) is 0 Å². The van der Waals surface area contributed by atoms with Gasteiger partial charge in [0, 0.05) is 31.5 Å². The van der Waals surface area contributed by atoms with E-state index in [0.717, 1.165) is 24.1 Å². The van der Waals surface area contributed by atoms with Crippen LogP contribution >= 0.6 is 0 Å². The molecule has 0 N–H and O–H groups in total. The molecule has 5 nitrogen and oxygen atoms in total. The maximum atomic E-state index is 12.9. The van der Waals surface area contributed by atoms with Gasteiger partial charge in [-0.2, -0.15) is 0 Å². The van der Waals surface area contributed by atoms with E-state index in [1.807, 2.05) is 35.8 Å². The van der Waals surface area contributed by atoms with Crippen LogP contribution in [0, 0.1) is 11.8 Å². The predicted octanol–water partition coefficient (Wildman–Crippen LogP) is 2.03. The molecule has 0 unspecified atom stereocenters. The average Bonchev–Trinajstić information content (AvgIpc) is 3.27. The van der Waals surface area contributed by atoms with Crippen LogP contribution in [0.5, 0.6) is 0 Å². The number of nitrogens with zero attached hydrogens (tertiary/aromatic N) is 3. The number of ether oxygens (including phenoxy) is 1. The van der Waals surface area contributed by atoms with Gasteiger partial charge in [-0.15, -0.1) is 0 Å². The van der Waals surface area contributed by atoms with E-state index in [0.29, 0.717) is 36.4 Å². The normalized spacial score (nSPS) is 32.0. The third-order valence-corrected chi connectivity index (χ3v) is 5.90. The molecule has 23 heavy (non-hydrogen) atoms. The first-order valence-electron chi connectivity index (χ1n) is 8.66. The number of benzene rings is 1. The highest BCUT2D eigenvalue weighted by Crippen LogP contribution is 2.47. The largest absolute Gasteiger partial charge is 0.374 e.